The number of hydrogen-bond donors (Lipinski definition) is 2. The van der Waals surface area contributed by atoms with Crippen LogP contribution in [0.25, 0.3) is 0 Å². The summed E-state index contributed by atoms with van der Waals surface area (Å²) < 4.78 is 47.1. The van der Waals surface area contributed by atoms with E-state index in [1.54, 1.807) is 6.07 Å². The quantitative estimate of drug-likeness (QED) is 0.270. The molecule has 60 heavy (non-hydrogen) atoms. The SMILES string of the molecule is CC(C)(C)OC(=O)NCc1ccc(B2OC(C)(C)C(C)(C)O2)cc1Cl.CC(C)(C)OC(=O)NCc1ccc(Br)cc1Cl.CC1(C)OB(B2OC(C)(C)C(C)(C)O2)OC1(C)C. The van der Waals surface area contributed by atoms with Gasteiger partial charge in [-0.05, 0) is 159 Å². The van der Waals surface area contributed by atoms with E-state index in [4.69, 9.17) is 60.6 Å². The second kappa shape index (κ2) is 19.0. The fourth-order valence-electron chi connectivity index (χ4n) is 5.46. The zero-order chi connectivity index (χ0) is 46.1. The first-order valence-corrected chi connectivity index (χ1v) is 21.7. The van der Waals surface area contributed by atoms with E-state index in [2.05, 4.69) is 26.6 Å². The molecule has 2 aromatic rings. The van der Waals surface area contributed by atoms with E-state index in [-0.39, 0.29) is 28.9 Å². The molecule has 3 saturated heterocycles. The second-order valence-electron chi connectivity index (χ2n) is 20.1. The van der Waals surface area contributed by atoms with Gasteiger partial charge in [-0.2, -0.15) is 0 Å². The first-order valence-electron chi connectivity index (χ1n) is 20.2. The number of ether oxygens (including phenoxy) is 2. The van der Waals surface area contributed by atoms with Crippen LogP contribution >= 0.6 is 39.1 Å². The van der Waals surface area contributed by atoms with Crippen LogP contribution in [0.1, 0.15) is 136 Å². The third-order valence-corrected chi connectivity index (χ3v) is 12.2. The smallest absolute Gasteiger partial charge is 0.444 e. The minimum atomic E-state index is -0.533. The highest BCUT2D eigenvalue weighted by Gasteiger charge is 2.63. The number of carbonyl (C=O) groups is 2. The molecule has 0 bridgehead atoms. The maximum Gasteiger partial charge on any atom is 0.494 e. The molecule has 0 saturated carbocycles. The molecule has 12 nitrogen and oxygen atoms in total. The Hall–Kier alpha value is -2.01. The van der Waals surface area contributed by atoms with Gasteiger partial charge in [0, 0.05) is 27.6 Å². The van der Waals surface area contributed by atoms with E-state index in [0.717, 1.165) is 21.1 Å². The second-order valence-corrected chi connectivity index (χ2v) is 21.9. The van der Waals surface area contributed by atoms with Gasteiger partial charge in [-0.3, -0.25) is 0 Å². The normalized spacial score (nSPS) is 20.6. The lowest BCUT2D eigenvalue weighted by Crippen LogP contribution is -2.41. The summed E-state index contributed by atoms with van der Waals surface area (Å²) in [6.07, 6.45) is -0.921. The van der Waals surface area contributed by atoms with Crippen LogP contribution in [0.3, 0.4) is 0 Å². The van der Waals surface area contributed by atoms with E-state index in [9.17, 15) is 9.59 Å². The van der Waals surface area contributed by atoms with Gasteiger partial charge in [0.05, 0.1) is 33.6 Å². The van der Waals surface area contributed by atoms with Crippen molar-refractivity contribution in [2.75, 3.05) is 0 Å². The van der Waals surface area contributed by atoms with Gasteiger partial charge in [0.1, 0.15) is 11.2 Å². The minimum absolute atomic E-state index is 0.289. The van der Waals surface area contributed by atoms with E-state index in [1.807, 2.05) is 155 Å². The molecule has 334 valence electrons. The van der Waals surface area contributed by atoms with Gasteiger partial charge in [0.15, 0.2) is 0 Å². The summed E-state index contributed by atoms with van der Waals surface area (Å²) in [5.41, 5.74) is -0.770. The standard InChI is InChI=1S/C18H27BClNO4.C12H24B2O4.C12H15BrClNO2/c1-16(2,3)23-15(22)21-11-12-8-9-13(10-14(12)20)19-24-17(4,5)18(6,7)25-19;1-9(2)10(3,4)16-13(15-9)14-17-11(5,6)12(7,8)18-14;1-12(2,3)17-11(16)15-7-8-4-5-9(13)6-10(8)14/h8-10H,11H2,1-7H3,(H,21,22);1-8H3;4-6H,7H2,1-3H3,(H,15,16). The summed E-state index contributed by atoms with van der Waals surface area (Å²) in [6, 6.07) is 11.1. The number of nitrogens with one attached hydrogen (secondary N) is 2. The van der Waals surface area contributed by atoms with E-state index in [0.29, 0.717) is 16.6 Å². The summed E-state index contributed by atoms with van der Waals surface area (Å²) in [7, 11) is -1.41. The molecule has 2 N–H and O–H groups in total. The van der Waals surface area contributed by atoms with Crippen molar-refractivity contribution in [3.8, 4) is 0 Å². The van der Waals surface area contributed by atoms with Crippen molar-refractivity contribution < 1.29 is 47.0 Å². The highest BCUT2D eigenvalue weighted by Crippen LogP contribution is 2.43. The molecule has 0 unspecified atom stereocenters. The van der Waals surface area contributed by atoms with Gasteiger partial charge in [-0.25, -0.2) is 9.59 Å². The molecule has 5 rings (SSSR count). The van der Waals surface area contributed by atoms with Crippen LogP contribution < -0.4 is 16.1 Å². The highest BCUT2D eigenvalue weighted by atomic mass is 79.9. The Morgan fingerprint density at radius 2 is 0.883 bits per heavy atom. The van der Waals surface area contributed by atoms with Crippen LogP contribution in [0.15, 0.2) is 40.9 Å². The summed E-state index contributed by atoms with van der Waals surface area (Å²) in [4.78, 5) is 23.2. The van der Waals surface area contributed by atoms with Gasteiger partial charge in [0.25, 0.3) is 0 Å². The summed E-state index contributed by atoms with van der Waals surface area (Å²) >= 11 is 15.7. The zero-order valence-electron chi connectivity index (χ0n) is 38.8. The predicted octanol–water partition coefficient (Wildman–Crippen LogP) is 10.0. The van der Waals surface area contributed by atoms with E-state index < -0.39 is 55.7 Å². The number of halogens is 3. The fourth-order valence-corrected chi connectivity index (χ4v) is 6.46. The molecular formula is C42H66B3BrCl2N2O10. The van der Waals surface area contributed by atoms with Gasteiger partial charge in [-0.1, -0.05) is 57.3 Å². The minimum Gasteiger partial charge on any atom is -0.444 e. The fraction of sp³-hybridized carbons (Fsp3) is 0.667. The molecule has 3 heterocycles. The van der Waals surface area contributed by atoms with Crippen LogP contribution in [0.5, 0.6) is 0 Å². The van der Waals surface area contributed by atoms with Crippen LogP contribution in [0.2, 0.25) is 10.0 Å². The number of amides is 2. The lowest BCUT2D eigenvalue weighted by Gasteiger charge is -2.32. The molecule has 0 atom stereocenters. The molecule has 3 aliphatic rings. The highest BCUT2D eigenvalue weighted by molar-refractivity contribution is 9.10. The molecule has 3 aliphatic heterocycles. The average Bonchev–Trinajstić information content (AvgIpc) is 3.52. The van der Waals surface area contributed by atoms with Crippen molar-refractivity contribution in [2.24, 2.45) is 0 Å². The molecule has 2 aromatic carbocycles. The molecule has 0 radical (unpaired) electrons. The molecule has 0 spiro atoms. The Balaban J connectivity index is 0.000000247. The lowest BCUT2D eigenvalue weighted by atomic mass is 9.49. The maximum absolute atomic E-state index is 11.7. The molecular weight excluding hydrogens is 876 g/mol. The molecule has 3 fully saturated rings. The van der Waals surface area contributed by atoms with Gasteiger partial charge in [-0.15, -0.1) is 0 Å². The Labute approximate surface area is 378 Å². The molecule has 2 amide bonds. The number of benzene rings is 2. The van der Waals surface area contributed by atoms with Crippen molar-refractivity contribution in [2.45, 2.75) is 183 Å². The number of carbonyl (C=O) groups excluding carboxylic acids is 2. The molecule has 18 heteroatoms. The monoisotopic (exact) mass is 940 g/mol. The van der Waals surface area contributed by atoms with E-state index in [1.165, 1.54) is 0 Å². The summed E-state index contributed by atoms with van der Waals surface area (Å²) in [6.45, 7) is 35.8. The topological polar surface area (TPSA) is 132 Å². The zero-order valence-corrected chi connectivity index (χ0v) is 41.9. The van der Waals surface area contributed by atoms with Crippen LogP contribution in [-0.2, 0) is 50.5 Å². The van der Waals surface area contributed by atoms with Crippen LogP contribution in [0, 0.1) is 0 Å². The maximum atomic E-state index is 11.7. The van der Waals surface area contributed by atoms with Gasteiger partial charge in [0.2, 0.25) is 0 Å². The van der Waals surface area contributed by atoms with Gasteiger partial charge >= 0.3 is 33.3 Å². The first kappa shape index (κ1) is 52.3. The third kappa shape index (κ3) is 14.3. The van der Waals surface area contributed by atoms with Crippen LogP contribution in [-0.4, -0.2) is 78.1 Å². The first-order chi connectivity index (χ1) is 27.0. The van der Waals surface area contributed by atoms with Crippen molar-refractivity contribution in [3.63, 3.8) is 0 Å². The third-order valence-electron chi connectivity index (χ3n) is 11.0. The van der Waals surface area contributed by atoms with Crippen molar-refractivity contribution in [1.82, 2.24) is 10.6 Å². The van der Waals surface area contributed by atoms with E-state index >= 15 is 0 Å². The summed E-state index contributed by atoms with van der Waals surface area (Å²) in [5.74, 6) is 0. The lowest BCUT2D eigenvalue weighted by molar-refractivity contribution is 0.00578. The Morgan fingerprint density at radius 1 is 0.567 bits per heavy atom. The van der Waals surface area contributed by atoms with Crippen molar-refractivity contribution >= 4 is 77.9 Å². The number of rotatable bonds is 6. The number of alkyl carbamates (subject to hydrolysis) is 2. The molecule has 0 aromatic heterocycles. The van der Waals surface area contributed by atoms with Crippen molar-refractivity contribution in [1.29, 1.82) is 0 Å². The summed E-state index contributed by atoms with van der Waals surface area (Å²) in [5, 5.41) is 6.51. The van der Waals surface area contributed by atoms with Gasteiger partial charge < -0.3 is 48.0 Å². The van der Waals surface area contributed by atoms with Crippen LogP contribution in [0.4, 0.5) is 9.59 Å². The predicted molar refractivity (Wildman–Crippen MR) is 245 cm³/mol. The largest absolute Gasteiger partial charge is 0.494 e. The number of hydrogen-bond acceptors (Lipinski definition) is 10. The van der Waals surface area contributed by atoms with Crippen molar-refractivity contribution in [3.05, 3.63) is 62.0 Å². The molecule has 0 aliphatic carbocycles. The average molecular weight is 942 g/mol. The Morgan fingerprint density at radius 3 is 1.20 bits per heavy atom. The Kier molecular flexibility index (Phi) is 16.6. The Bertz CT molecular complexity index is 1750.